The van der Waals surface area contributed by atoms with Crippen molar-refractivity contribution >= 4 is 5.91 Å². The molecule has 1 aromatic heterocycles. The van der Waals surface area contributed by atoms with Crippen LogP contribution in [-0.4, -0.2) is 24.0 Å². The molecule has 0 aliphatic carbocycles. The Kier molecular flexibility index (Phi) is 6.01. The Bertz CT molecular complexity index is 590. The summed E-state index contributed by atoms with van der Waals surface area (Å²) >= 11 is 0. The van der Waals surface area contributed by atoms with Crippen molar-refractivity contribution in [2.75, 3.05) is 13.2 Å². The molecule has 118 valence electrons. The number of carbonyl (C=O) groups is 1. The number of benzene rings is 1. The molecule has 1 N–H and O–H groups in total. The topological polar surface area (TPSA) is 64.4 Å². The van der Waals surface area contributed by atoms with Crippen LogP contribution in [0.15, 0.2) is 34.9 Å². The minimum atomic E-state index is 0.0302. The van der Waals surface area contributed by atoms with Gasteiger partial charge in [0.1, 0.15) is 5.75 Å². The molecule has 5 heteroatoms. The first-order chi connectivity index (χ1) is 10.7. The van der Waals surface area contributed by atoms with Crippen molar-refractivity contribution < 1.29 is 13.9 Å². The van der Waals surface area contributed by atoms with Gasteiger partial charge in [-0.05, 0) is 37.6 Å². The lowest BCUT2D eigenvalue weighted by Gasteiger charge is -2.03. The van der Waals surface area contributed by atoms with Gasteiger partial charge in [-0.15, -0.1) is 0 Å². The molecule has 5 nitrogen and oxygen atoms in total. The number of oxazole rings is 1. The Morgan fingerprint density at radius 3 is 2.73 bits per heavy atom. The van der Waals surface area contributed by atoms with Crippen LogP contribution in [0.1, 0.15) is 32.6 Å². The van der Waals surface area contributed by atoms with Gasteiger partial charge in [-0.3, -0.25) is 4.79 Å². The molecular formula is C17H22N2O3. The van der Waals surface area contributed by atoms with E-state index in [0.29, 0.717) is 37.6 Å². The molecule has 22 heavy (non-hydrogen) atoms. The van der Waals surface area contributed by atoms with E-state index in [1.807, 2.05) is 38.1 Å². The maximum atomic E-state index is 11.6. The van der Waals surface area contributed by atoms with Crippen molar-refractivity contribution in [1.82, 2.24) is 10.3 Å². The maximum Gasteiger partial charge on any atom is 0.220 e. The fourth-order valence-corrected chi connectivity index (χ4v) is 2.01. The Balaban J connectivity index is 1.91. The Morgan fingerprint density at radius 2 is 2.05 bits per heavy atom. The normalized spacial score (nSPS) is 10.5. The van der Waals surface area contributed by atoms with Gasteiger partial charge in [0.25, 0.3) is 0 Å². The molecule has 0 spiro atoms. The third kappa shape index (κ3) is 4.62. The monoisotopic (exact) mass is 302 g/mol. The molecule has 2 rings (SSSR count). The molecule has 0 saturated carbocycles. The fourth-order valence-electron chi connectivity index (χ4n) is 2.01. The highest BCUT2D eigenvalue weighted by Crippen LogP contribution is 2.23. The van der Waals surface area contributed by atoms with E-state index in [4.69, 9.17) is 9.15 Å². The highest BCUT2D eigenvalue weighted by atomic mass is 16.5. The SMILES string of the molecule is CCCNC(=O)CCc1ncc(-c2ccc(OCC)cc2)o1. The highest BCUT2D eigenvalue weighted by molar-refractivity contribution is 5.75. The van der Waals surface area contributed by atoms with Crippen LogP contribution >= 0.6 is 0 Å². The van der Waals surface area contributed by atoms with Crippen LogP contribution in [0, 0.1) is 0 Å². The molecule has 0 aliphatic heterocycles. The molecule has 0 aliphatic rings. The molecule has 0 saturated heterocycles. The summed E-state index contributed by atoms with van der Waals surface area (Å²) in [5, 5.41) is 2.84. The van der Waals surface area contributed by atoms with E-state index >= 15 is 0 Å². The fraction of sp³-hybridized carbons (Fsp3) is 0.412. The Hall–Kier alpha value is -2.30. The average molecular weight is 302 g/mol. The van der Waals surface area contributed by atoms with Gasteiger partial charge >= 0.3 is 0 Å². The van der Waals surface area contributed by atoms with Crippen molar-refractivity contribution in [1.29, 1.82) is 0 Å². The number of hydrogen-bond donors (Lipinski definition) is 1. The van der Waals surface area contributed by atoms with Crippen LogP contribution in [0.3, 0.4) is 0 Å². The van der Waals surface area contributed by atoms with E-state index in [1.165, 1.54) is 0 Å². The minimum absolute atomic E-state index is 0.0302. The predicted molar refractivity (Wildman–Crippen MR) is 84.7 cm³/mol. The van der Waals surface area contributed by atoms with Crippen LogP contribution in [-0.2, 0) is 11.2 Å². The van der Waals surface area contributed by atoms with E-state index in [1.54, 1.807) is 6.20 Å². The third-order valence-corrected chi connectivity index (χ3v) is 3.14. The lowest BCUT2D eigenvalue weighted by Crippen LogP contribution is -2.24. The van der Waals surface area contributed by atoms with Crippen molar-refractivity contribution in [3.63, 3.8) is 0 Å². The molecule has 0 atom stereocenters. The van der Waals surface area contributed by atoms with Gasteiger partial charge in [0, 0.05) is 24.9 Å². The highest BCUT2D eigenvalue weighted by Gasteiger charge is 2.09. The van der Waals surface area contributed by atoms with E-state index < -0.39 is 0 Å². The molecule has 0 radical (unpaired) electrons. The van der Waals surface area contributed by atoms with E-state index in [2.05, 4.69) is 10.3 Å². The quantitative estimate of drug-likeness (QED) is 0.813. The number of carbonyl (C=O) groups excluding carboxylic acids is 1. The van der Waals surface area contributed by atoms with Gasteiger partial charge in [0.05, 0.1) is 12.8 Å². The maximum absolute atomic E-state index is 11.6. The van der Waals surface area contributed by atoms with Gasteiger partial charge in [-0.25, -0.2) is 4.98 Å². The van der Waals surface area contributed by atoms with E-state index in [9.17, 15) is 4.79 Å². The predicted octanol–water partition coefficient (Wildman–Crippen LogP) is 3.20. The zero-order chi connectivity index (χ0) is 15.8. The summed E-state index contributed by atoms with van der Waals surface area (Å²) < 4.78 is 11.1. The van der Waals surface area contributed by atoms with Gasteiger partial charge < -0.3 is 14.5 Å². The Labute approximate surface area is 130 Å². The first-order valence-corrected chi connectivity index (χ1v) is 7.67. The molecule has 0 bridgehead atoms. The lowest BCUT2D eigenvalue weighted by atomic mass is 10.2. The summed E-state index contributed by atoms with van der Waals surface area (Å²) in [7, 11) is 0. The number of nitrogens with one attached hydrogen (secondary N) is 1. The summed E-state index contributed by atoms with van der Waals surface area (Å²) in [5.74, 6) is 2.14. The lowest BCUT2D eigenvalue weighted by molar-refractivity contribution is -0.121. The molecule has 1 heterocycles. The van der Waals surface area contributed by atoms with Gasteiger partial charge in [0.15, 0.2) is 11.7 Å². The van der Waals surface area contributed by atoms with Crippen molar-refractivity contribution in [2.24, 2.45) is 0 Å². The summed E-state index contributed by atoms with van der Waals surface area (Å²) in [6, 6.07) is 7.67. The van der Waals surface area contributed by atoms with Crippen molar-refractivity contribution in [3.05, 3.63) is 36.4 Å². The van der Waals surface area contributed by atoms with Crippen LogP contribution in [0.25, 0.3) is 11.3 Å². The summed E-state index contributed by atoms with van der Waals surface area (Å²) in [6.45, 7) is 5.33. The minimum Gasteiger partial charge on any atom is -0.494 e. The number of aryl methyl sites for hydroxylation is 1. The molecule has 2 aromatic rings. The molecule has 1 amide bonds. The molecule has 1 aromatic carbocycles. The second kappa shape index (κ2) is 8.22. The average Bonchev–Trinajstić information content (AvgIpc) is 3.01. The van der Waals surface area contributed by atoms with Crippen molar-refractivity contribution in [2.45, 2.75) is 33.1 Å². The number of nitrogens with zero attached hydrogens (tertiary/aromatic N) is 1. The third-order valence-electron chi connectivity index (χ3n) is 3.14. The number of aromatic nitrogens is 1. The number of rotatable bonds is 8. The first kappa shape index (κ1) is 16.1. The summed E-state index contributed by atoms with van der Waals surface area (Å²) in [6.07, 6.45) is 3.53. The first-order valence-electron chi connectivity index (χ1n) is 7.67. The largest absolute Gasteiger partial charge is 0.494 e. The number of amides is 1. The van der Waals surface area contributed by atoms with Crippen LogP contribution in [0.5, 0.6) is 5.75 Å². The van der Waals surface area contributed by atoms with Crippen molar-refractivity contribution in [3.8, 4) is 17.1 Å². The van der Waals surface area contributed by atoms with E-state index in [-0.39, 0.29) is 5.91 Å². The summed E-state index contributed by atoms with van der Waals surface area (Å²) in [4.78, 5) is 15.8. The zero-order valence-corrected chi connectivity index (χ0v) is 13.1. The van der Waals surface area contributed by atoms with Crippen LogP contribution in [0.2, 0.25) is 0 Å². The molecular weight excluding hydrogens is 280 g/mol. The number of hydrogen-bond acceptors (Lipinski definition) is 4. The number of ether oxygens (including phenoxy) is 1. The van der Waals surface area contributed by atoms with Gasteiger partial charge in [-0.1, -0.05) is 6.92 Å². The van der Waals surface area contributed by atoms with E-state index in [0.717, 1.165) is 17.7 Å². The second-order valence-electron chi connectivity index (χ2n) is 4.93. The Morgan fingerprint density at radius 1 is 1.27 bits per heavy atom. The second-order valence-corrected chi connectivity index (χ2v) is 4.93. The van der Waals surface area contributed by atoms with Gasteiger partial charge in [0.2, 0.25) is 5.91 Å². The summed E-state index contributed by atoms with van der Waals surface area (Å²) in [5.41, 5.74) is 0.942. The van der Waals surface area contributed by atoms with Crippen LogP contribution < -0.4 is 10.1 Å². The smallest absolute Gasteiger partial charge is 0.220 e. The zero-order valence-electron chi connectivity index (χ0n) is 13.1. The molecule has 0 fully saturated rings. The standard InChI is InChI=1S/C17H22N2O3/c1-3-11-18-16(20)9-10-17-19-12-15(22-17)13-5-7-14(8-6-13)21-4-2/h5-8,12H,3-4,9-11H2,1-2H3,(H,18,20). The van der Waals surface area contributed by atoms with Crippen LogP contribution in [0.4, 0.5) is 0 Å². The van der Waals surface area contributed by atoms with Gasteiger partial charge in [-0.2, -0.15) is 0 Å². The molecule has 0 unspecified atom stereocenters.